The second kappa shape index (κ2) is 5.12. The van der Waals surface area contributed by atoms with Gasteiger partial charge < -0.3 is 4.74 Å². The highest BCUT2D eigenvalue weighted by atomic mass is 127. The van der Waals surface area contributed by atoms with Gasteiger partial charge in [0.2, 0.25) is 0 Å². The van der Waals surface area contributed by atoms with Crippen molar-refractivity contribution in [2.75, 3.05) is 0 Å². The highest BCUT2D eigenvalue weighted by Gasteiger charge is 2.16. The molecule has 0 radical (unpaired) electrons. The molecule has 4 heteroatoms. The molecule has 0 aliphatic heterocycles. The van der Waals surface area contributed by atoms with Gasteiger partial charge in [0.25, 0.3) is 0 Å². The molecule has 0 spiro atoms. The maximum absolute atomic E-state index is 13.2. The molecular weight excluding hydrogens is 322 g/mol. The number of esters is 1. The van der Waals surface area contributed by atoms with E-state index in [2.05, 4.69) is 0 Å². The summed E-state index contributed by atoms with van der Waals surface area (Å²) >= 11 is 1.91. The first-order valence-corrected chi connectivity index (χ1v) is 6.01. The van der Waals surface area contributed by atoms with Gasteiger partial charge in [-0.2, -0.15) is 0 Å². The van der Waals surface area contributed by atoms with Gasteiger partial charge in [-0.1, -0.05) is 6.07 Å². The molecule has 1 rings (SSSR count). The predicted molar refractivity (Wildman–Crippen MR) is 68.7 cm³/mol. The zero-order valence-corrected chi connectivity index (χ0v) is 11.7. The molecule has 0 fully saturated rings. The molecule has 0 unspecified atom stereocenters. The Hall–Kier alpha value is -0.650. The molecule has 2 nitrogen and oxygen atoms in total. The van der Waals surface area contributed by atoms with E-state index in [4.69, 9.17) is 4.74 Å². The third-order valence-corrected chi connectivity index (χ3v) is 2.63. The second-order valence-electron chi connectivity index (χ2n) is 4.51. The Bertz CT molecular complexity index is 396. The Morgan fingerprint density at radius 2 is 2.06 bits per heavy atom. The number of ether oxygens (including phenoxy) is 1. The lowest BCUT2D eigenvalue weighted by Gasteiger charge is -2.19. The van der Waals surface area contributed by atoms with Gasteiger partial charge in [0, 0.05) is 3.57 Å². The van der Waals surface area contributed by atoms with Crippen LogP contribution in [0.4, 0.5) is 4.39 Å². The minimum absolute atomic E-state index is 0.102. The lowest BCUT2D eigenvalue weighted by Crippen LogP contribution is -2.24. The number of halogens is 2. The van der Waals surface area contributed by atoms with Crippen molar-refractivity contribution in [1.29, 1.82) is 0 Å². The van der Waals surface area contributed by atoms with E-state index in [-0.39, 0.29) is 18.2 Å². The van der Waals surface area contributed by atoms with Gasteiger partial charge in [0.15, 0.2) is 0 Å². The van der Waals surface area contributed by atoms with Gasteiger partial charge in [-0.25, -0.2) is 4.39 Å². The van der Waals surface area contributed by atoms with Crippen molar-refractivity contribution in [3.05, 3.63) is 33.1 Å². The number of hydrogen-bond donors (Lipinski definition) is 0. The summed E-state index contributed by atoms with van der Waals surface area (Å²) < 4.78 is 18.9. The van der Waals surface area contributed by atoms with Crippen molar-refractivity contribution >= 4 is 28.6 Å². The average Bonchev–Trinajstić information content (AvgIpc) is 2.08. The van der Waals surface area contributed by atoms with Crippen molar-refractivity contribution in [3.63, 3.8) is 0 Å². The molecule has 1 aromatic rings. The first-order valence-electron chi connectivity index (χ1n) is 4.94. The monoisotopic (exact) mass is 336 g/mol. The number of hydrogen-bond acceptors (Lipinski definition) is 2. The minimum Gasteiger partial charge on any atom is -0.460 e. The van der Waals surface area contributed by atoms with Crippen molar-refractivity contribution < 1.29 is 13.9 Å². The molecule has 0 saturated heterocycles. The Morgan fingerprint density at radius 3 is 2.56 bits per heavy atom. The van der Waals surface area contributed by atoms with Gasteiger partial charge in [-0.05, 0) is 61.1 Å². The molecule has 0 aromatic heterocycles. The van der Waals surface area contributed by atoms with E-state index >= 15 is 0 Å². The lowest BCUT2D eigenvalue weighted by molar-refractivity contribution is -0.153. The lowest BCUT2D eigenvalue weighted by atomic mass is 10.1. The summed E-state index contributed by atoms with van der Waals surface area (Å²) in [7, 11) is 0. The predicted octanol–water partition coefficient (Wildman–Crippen LogP) is 3.31. The van der Waals surface area contributed by atoms with Crippen LogP contribution < -0.4 is 0 Å². The first kappa shape index (κ1) is 13.4. The molecule has 0 atom stereocenters. The summed E-state index contributed by atoms with van der Waals surface area (Å²) in [4.78, 5) is 11.5. The maximum Gasteiger partial charge on any atom is 0.310 e. The quantitative estimate of drug-likeness (QED) is 0.612. The van der Waals surface area contributed by atoms with Crippen LogP contribution in [0.5, 0.6) is 0 Å². The van der Waals surface area contributed by atoms with Gasteiger partial charge >= 0.3 is 5.97 Å². The van der Waals surface area contributed by atoms with Crippen LogP contribution in [-0.4, -0.2) is 11.6 Å². The van der Waals surface area contributed by atoms with Crippen LogP contribution in [0.3, 0.4) is 0 Å². The standard InChI is InChI=1S/C12H14FIO2/c1-12(2,3)16-11(15)7-8-4-5-10(14)9(13)6-8/h4-6H,7H2,1-3H3. The SMILES string of the molecule is CC(C)(C)OC(=O)Cc1ccc(I)c(F)c1. The van der Waals surface area contributed by atoms with E-state index in [9.17, 15) is 9.18 Å². The summed E-state index contributed by atoms with van der Waals surface area (Å²) in [5.74, 6) is -0.644. The molecule has 0 aliphatic carbocycles. The minimum atomic E-state index is -0.501. The van der Waals surface area contributed by atoms with E-state index in [1.807, 2.05) is 22.6 Å². The fraction of sp³-hybridized carbons (Fsp3) is 0.417. The molecule has 16 heavy (non-hydrogen) atoms. The van der Waals surface area contributed by atoms with Gasteiger partial charge in [0.05, 0.1) is 6.42 Å². The van der Waals surface area contributed by atoms with Crippen LogP contribution in [0, 0.1) is 9.39 Å². The van der Waals surface area contributed by atoms with Crippen molar-refractivity contribution in [1.82, 2.24) is 0 Å². The molecule has 0 aliphatic rings. The normalized spacial score (nSPS) is 11.3. The average molecular weight is 336 g/mol. The van der Waals surface area contributed by atoms with Gasteiger partial charge in [-0.15, -0.1) is 0 Å². The Kier molecular flexibility index (Phi) is 4.29. The first-order chi connectivity index (χ1) is 7.28. The Labute approximate surface area is 108 Å². The van der Waals surface area contributed by atoms with E-state index < -0.39 is 5.60 Å². The van der Waals surface area contributed by atoms with E-state index in [0.29, 0.717) is 9.13 Å². The topological polar surface area (TPSA) is 26.3 Å². The number of benzene rings is 1. The summed E-state index contributed by atoms with van der Waals surface area (Å²) in [6, 6.07) is 4.75. The second-order valence-corrected chi connectivity index (χ2v) is 5.67. The summed E-state index contributed by atoms with van der Waals surface area (Å²) in [6.07, 6.45) is 0.102. The number of rotatable bonds is 2. The largest absolute Gasteiger partial charge is 0.460 e. The molecule has 88 valence electrons. The smallest absolute Gasteiger partial charge is 0.310 e. The summed E-state index contributed by atoms with van der Waals surface area (Å²) in [5.41, 5.74) is 0.130. The Balaban J connectivity index is 2.67. The molecule has 1 aromatic carbocycles. The van der Waals surface area contributed by atoms with Crippen LogP contribution in [0.2, 0.25) is 0 Å². The van der Waals surface area contributed by atoms with E-state index in [0.717, 1.165) is 0 Å². The van der Waals surface area contributed by atoms with Crippen LogP contribution in [0.15, 0.2) is 18.2 Å². The molecule has 0 bridgehead atoms. The molecule has 0 amide bonds. The van der Waals surface area contributed by atoms with Gasteiger partial charge in [0.1, 0.15) is 11.4 Å². The summed E-state index contributed by atoms with van der Waals surface area (Å²) in [6.45, 7) is 5.41. The fourth-order valence-corrected chi connectivity index (χ4v) is 1.53. The molecule has 0 heterocycles. The highest BCUT2D eigenvalue weighted by Crippen LogP contribution is 2.14. The van der Waals surface area contributed by atoms with E-state index in [1.54, 1.807) is 32.9 Å². The van der Waals surface area contributed by atoms with Gasteiger partial charge in [-0.3, -0.25) is 4.79 Å². The van der Waals surface area contributed by atoms with Crippen LogP contribution in [0.1, 0.15) is 26.3 Å². The third-order valence-electron chi connectivity index (χ3n) is 1.75. The van der Waals surface area contributed by atoms with E-state index in [1.165, 1.54) is 6.07 Å². The van der Waals surface area contributed by atoms with Crippen molar-refractivity contribution in [3.8, 4) is 0 Å². The Morgan fingerprint density at radius 1 is 1.44 bits per heavy atom. The fourth-order valence-electron chi connectivity index (χ4n) is 1.19. The van der Waals surface area contributed by atoms with Crippen LogP contribution >= 0.6 is 22.6 Å². The molecule has 0 saturated carbocycles. The van der Waals surface area contributed by atoms with Crippen LogP contribution in [0.25, 0.3) is 0 Å². The highest BCUT2D eigenvalue weighted by molar-refractivity contribution is 14.1. The summed E-state index contributed by atoms with van der Waals surface area (Å²) in [5, 5.41) is 0. The maximum atomic E-state index is 13.2. The molecular formula is C12H14FIO2. The van der Waals surface area contributed by atoms with Crippen molar-refractivity contribution in [2.24, 2.45) is 0 Å². The van der Waals surface area contributed by atoms with Crippen molar-refractivity contribution in [2.45, 2.75) is 32.8 Å². The number of carbonyl (C=O) groups excluding carboxylic acids is 1. The number of carbonyl (C=O) groups is 1. The molecule has 0 N–H and O–H groups in total. The third kappa shape index (κ3) is 4.47. The zero-order chi connectivity index (χ0) is 12.3. The zero-order valence-electron chi connectivity index (χ0n) is 9.51. The van der Waals surface area contributed by atoms with Crippen LogP contribution in [-0.2, 0) is 16.0 Å².